The molecule has 4 rings (SSSR count). The lowest BCUT2D eigenvalue weighted by Gasteiger charge is -2.09. The van der Waals surface area contributed by atoms with Gasteiger partial charge in [0.25, 0.3) is 0 Å². The number of hydrogen-bond acceptors (Lipinski definition) is 4. The number of carbonyl (C=O) groups excluding carboxylic acids is 1. The molecule has 128 valence electrons. The minimum Gasteiger partial charge on any atom is -0.496 e. The smallest absolute Gasteiger partial charge is 0.159 e. The van der Waals surface area contributed by atoms with Crippen LogP contribution in [0.5, 0.6) is 5.75 Å². The Labute approximate surface area is 150 Å². The van der Waals surface area contributed by atoms with Crippen LogP contribution in [0.3, 0.4) is 0 Å². The molecule has 0 bridgehead atoms. The number of rotatable bonds is 4. The molecular weight excluding hydrogens is 326 g/mol. The van der Waals surface area contributed by atoms with Crippen molar-refractivity contribution in [3.8, 4) is 28.1 Å². The van der Waals surface area contributed by atoms with Gasteiger partial charge in [-0.2, -0.15) is 5.10 Å². The summed E-state index contributed by atoms with van der Waals surface area (Å²) in [5.74, 6) is 0.780. The number of ketones is 1. The number of methoxy groups -OCH3 is 1. The van der Waals surface area contributed by atoms with Gasteiger partial charge in [-0.3, -0.25) is 9.89 Å². The molecular formula is C21H17N3O2. The maximum atomic E-state index is 11.8. The van der Waals surface area contributed by atoms with Crippen LogP contribution in [0.1, 0.15) is 17.3 Å². The molecule has 0 radical (unpaired) electrons. The lowest BCUT2D eigenvalue weighted by atomic mass is 9.97. The van der Waals surface area contributed by atoms with Gasteiger partial charge in [-0.15, -0.1) is 0 Å². The van der Waals surface area contributed by atoms with E-state index in [1.54, 1.807) is 20.2 Å². The van der Waals surface area contributed by atoms with Crippen LogP contribution in [-0.4, -0.2) is 28.1 Å². The van der Waals surface area contributed by atoms with Crippen LogP contribution >= 0.6 is 0 Å². The van der Waals surface area contributed by atoms with Crippen molar-refractivity contribution in [2.75, 3.05) is 7.11 Å². The van der Waals surface area contributed by atoms with E-state index in [1.807, 2.05) is 54.6 Å². The normalized spacial score (nSPS) is 10.8. The zero-order valence-corrected chi connectivity index (χ0v) is 14.5. The minimum absolute atomic E-state index is 0.0364. The van der Waals surface area contributed by atoms with Crippen molar-refractivity contribution in [2.24, 2.45) is 0 Å². The number of aromatic nitrogens is 3. The fourth-order valence-corrected chi connectivity index (χ4v) is 3.13. The molecule has 1 N–H and O–H groups in total. The van der Waals surface area contributed by atoms with Crippen LogP contribution in [0.15, 0.2) is 60.8 Å². The van der Waals surface area contributed by atoms with Gasteiger partial charge in [0.1, 0.15) is 11.4 Å². The number of fused-ring (bicyclic) bond motifs is 1. The number of hydrogen-bond donors (Lipinski definition) is 1. The fourth-order valence-electron chi connectivity index (χ4n) is 3.13. The molecule has 4 aromatic rings. The molecule has 0 saturated carbocycles. The number of pyridine rings is 1. The molecule has 0 spiro atoms. The number of nitrogens with zero attached hydrogens (tertiary/aromatic N) is 2. The highest BCUT2D eigenvalue weighted by atomic mass is 16.5. The average molecular weight is 343 g/mol. The van der Waals surface area contributed by atoms with Crippen molar-refractivity contribution < 1.29 is 9.53 Å². The molecule has 0 aliphatic carbocycles. The highest BCUT2D eigenvalue weighted by molar-refractivity contribution is 6.04. The Balaban J connectivity index is 1.99. The van der Waals surface area contributed by atoms with Crippen molar-refractivity contribution in [2.45, 2.75) is 6.92 Å². The molecule has 0 unspecified atom stereocenters. The second-order valence-electron chi connectivity index (χ2n) is 5.99. The van der Waals surface area contributed by atoms with Crippen molar-refractivity contribution in [1.29, 1.82) is 0 Å². The Morgan fingerprint density at radius 1 is 1.04 bits per heavy atom. The van der Waals surface area contributed by atoms with Crippen LogP contribution in [0, 0.1) is 0 Å². The first-order valence-corrected chi connectivity index (χ1v) is 8.27. The molecule has 0 fully saturated rings. The Hall–Kier alpha value is -3.47. The van der Waals surface area contributed by atoms with Gasteiger partial charge >= 0.3 is 0 Å². The predicted molar refractivity (Wildman–Crippen MR) is 101 cm³/mol. The van der Waals surface area contributed by atoms with Gasteiger partial charge in [0, 0.05) is 17.3 Å². The van der Waals surface area contributed by atoms with Gasteiger partial charge in [0.05, 0.1) is 12.5 Å². The second kappa shape index (κ2) is 6.44. The van der Waals surface area contributed by atoms with Crippen molar-refractivity contribution >= 4 is 16.8 Å². The molecule has 0 aliphatic heterocycles. The summed E-state index contributed by atoms with van der Waals surface area (Å²) < 4.78 is 5.50. The molecule has 5 heteroatoms. The number of para-hydroxylation sites is 1. The molecule has 0 amide bonds. The standard InChI is InChI=1S/C21H17N3O2/c1-13(25)14-6-5-7-15(12-14)16-10-11-22-21-19(16)20(23-24-21)17-8-3-4-9-18(17)26-2/h3-12H,1-2H3,(H,22,23,24). The average Bonchev–Trinajstić information content (AvgIpc) is 3.12. The monoisotopic (exact) mass is 343 g/mol. The van der Waals surface area contributed by atoms with E-state index in [2.05, 4.69) is 15.2 Å². The summed E-state index contributed by atoms with van der Waals surface area (Å²) in [4.78, 5) is 16.2. The zero-order chi connectivity index (χ0) is 18.1. The van der Waals surface area contributed by atoms with Crippen LogP contribution in [0.4, 0.5) is 0 Å². The molecule has 0 atom stereocenters. The maximum Gasteiger partial charge on any atom is 0.159 e. The van der Waals surface area contributed by atoms with Crippen LogP contribution in [-0.2, 0) is 0 Å². The maximum absolute atomic E-state index is 11.8. The van der Waals surface area contributed by atoms with E-state index in [4.69, 9.17) is 4.74 Å². The Morgan fingerprint density at radius 3 is 2.69 bits per heavy atom. The molecule has 0 saturated heterocycles. The third kappa shape index (κ3) is 2.63. The summed E-state index contributed by atoms with van der Waals surface area (Å²) in [6, 6.07) is 17.3. The molecule has 5 nitrogen and oxygen atoms in total. The van der Waals surface area contributed by atoms with Gasteiger partial charge < -0.3 is 4.74 Å². The van der Waals surface area contributed by atoms with Crippen LogP contribution in [0.25, 0.3) is 33.4 Å². The summed E-state index contributed by atoms with van der Waals surface area (Å²) in [5.41, 5.74) is 4.94. The third-order valence-corrected chi connectivity index (χ3v) is 4.40. The van der Waals surface area contributed by atoms with Gasteiger partial charge in [0.15, 0.2) is 11.4 Å². The van der Waals surface area contributed by atoms with Gasteiger partial charge in [-0.1, -0.05) is 30.3 Å². The molecule has 2 aromatic carbocycles. The predicted octanol–water partition coefficient (Wildman–Crippen LogP) is 4.50. The highest BCUT2D eigenvalue weighted by Gasteiger charge is 2.17. The summed E-state index contributed by atoms with van der Waals surface area (Å²) in [7, 11) is 1.64. The van der Waals surface area contributed by atoms with Gasteiger partial charge in [0.2, 0.25) is 0 Å². The number of ether oxygens (including phenoxy) is 1. The van der Waals surface area contributed by atoms with Crippen LogP contribution < -0.4 is 4.74 Å². The molecule has 2 aromatic heterocycles. The Kier molecular flexibility index (Phi) is 3.97. The van der Waals surface area contributed by atoms with Crippen molar-refractivity contribution in [3.05, 3.63) is 66.4 Å². The Bertz CT molecular complexity index is 1120. The van der Waals surface area contributed by atoms with Gasteiger partial charge in [-0.25, -0.2) is 4.98 Å². The number of H-pyrrole nitrogens is 1. The topological polar surface area (TPSA) is 67.9 Å². The number of carbonyl (C=O) groups is 1. The Morgan fingerprint density at radius 2 is 1.88 bits per heavy atom. The number of aromatic amines is 1. The van der Waals surface area contributed by atoms with E-state index in [-0.39, 0.29) is 5.78 Å². The third-order valence-electron chi connectivity index (χ3n) is 4.40. The summed E-state index contributed by atoms with van der Waals surface area (Å²) in [5, 5.41) is 8.39. The van der Waals surface area contributed by atoms with Gasteiger partial charge in [-0.05, 0) is 42.3 Å². The SMILES string of the molecule is COc1ccccc1-c1n[nH]c2nccc(-c3cccc(C(C)=O)c3)c12. The number of nitrogens with one attached hydrogen (secondary N) is 1. The van der Waals surface area contributed by atoms with E-state index >= 15 is 0 Å². The van der Waals surface area contributed by atoms with E-state index in [0.29, 0.717) is 11.2 Å². The van der Waals surface area contributed by atoms with E-state index in [0.717, 1.165) is 33.5 Å². The molecule has 0 aliphatic rings. The minimum atomic E-state index is 0.0364. The van der Waals surface area contributed by atoms with Crippen LogP contribution in [0.2, 0.25) is 0 Å². The molecule has 2 heterocycles. The van der Waals surface area contributed by atoms with E-state index < -0.39 is 0 Å². The van der Waals surface area contributed by atoms with E-state index in [9.17, 15) is 4.79 Å². The first-order chi connectivity index (χ1) is 12.7. The summed E-state index contributed by atoms with van der Waals surface area (Å²) in [6.45, 7) is 1.57. The lowest BCUT2D eigenvalue weighted by molar-refractivity contribution is 0.101. The molecule has 26 heavy (non-hydrogen) atoms. The zero-order valence-electron chi connectivity index (χ0n) is 14.5. The van der Waals surface area contributed by atoms with Crippen molar-refractivity contribution in [3.63, 3.8) is 0 Å². The first kappa shape index (κ1) is 16.0. The second-order valence-corrected chi connectivity index (χ2v) is 5.99. The number of benzene rings is 2. The number of Topliss-reactive ketones (excluding diaryl/α,β-unsaturated/α-hetero) is 1. The van der Waals surface area contributed by atoms with Crippen molar-refractivity contribution in [1.82, 2.24) is 15.2 Å². The highest BCUT2D eigenvalue weighted by Crippen LogP contribution is 2.37. The lowest BCUT2D eigenvalue weighted by Crippen LogP contribution is -1.93. The fraction of sp³-hybridized carbons (Fsp3) is 0.0952. The quantitative estimate of drug-likeness (QED) is 0.554. The largest absolute Gasteiger partial charge is 0.496 e. The first-order valence-electron chi connectivity index (χ1n) is 8.27. The van der Waals surface area contributed by atoms with E-state index in [1.165, 1.54) is 0 Å². The summed E-state index contributed by atoms with van der Waals surface area (Å²) in [6.07, 6.45) is 1.74. The summed E-state index contributed by atoms with van der Waals surface area (Å²) >= 11 is 0.